The van der Waals surface area contributed by atoms with Gasteiger partial charge in [-0.1, -0.05) is 23.4 Å². The van der Waals surface area contributed by atoms with Gasteiger partial charge in [-0.25, -0.2) is 9.97 Å². The van der Waals surface area contributed by atoms with Gasteiger partial charge in [0, 0.05) is 0 Å². The standard InChI is InChI=1S/C11H14ClN3O4S/c1-3-18-10(16)7(11(17)19-4-2)20-9-6(13)8(12)14-5-15-9/h5,7H,3-4,13H2,1-2H3. The highest BCUT2D eigenvalue weighted by atomic mass is 35.5. The molecule has 7 nitrogen and oxygen atoms in total. The van der Waals surface area contributed by atoms with Crippen LogP contribution in [0.25, 0.3) is 0 Å². The molecule has 0 bridgehead atoms. The molecule has 0 fully saturated rings. The first-order valence-corrected chi connectivity index (χ1v) is 7.02. The zero-order chi connectivity index (χ0) is 15.1. The molecule has 1 aromatic rings. The van der Waals surface area contributed by atoms with Gasteiger partial charge in [0.2, 0.25) is 5.25 Å². The third-order valence-corrected chi connectivity index (χ3v) is 3.50. The molecule has 9 heteroatoms. The van der Waals surface area contributed by atoms with Crippen LogP contribution in [0.15, 0.2) is 11.4 Å². The van der Waals surface area contributed by atoms with Crippen LogP contribution < -0.4 is 5.73 Å². The number of rotatable bonds is 6. The van der Waals surface area contributed by atoms with E-state index in [1.807, 2.05) is 0 Å². The summed E-state index contributed by atoms with van der Waals surface area (Å²) in [5.74, 6) is -1.44. The summed E-state index contributed by atoms with van der Waals surface area (Å²) in [5.41, 5.74) is 5.79. The summed E-state index contributed by atoms with van der Waals surface area (Å²) in [6.45, 7) is 3.58. The molecule has 1 rings (SSSR count). The van der Waals surface area contributed by atoms with Crippen molar-refractivity contribution in [1.82, 2.24) is 9.97 Å². The lowest BCUT2D eigenvalue weighted by atomic mass is 10.4. The van der Waals surface area contributed by atoms with E-state index in [2.05, 4.69) is 9.97 Å². The van der Waals surface area contributed by atoms with Crippen LogP contribution in [0.1, 0.15) is 13.8 Å². The molecule has 1 aromatic heterocycles. The molecule has 20 heavy (non-hydrogen) atoms. The largest absolute Gasteiger partial charge is 0.465 e. The summed E-state index contributed by atoms with van der Waals surface area (Å²) >= 11 is 6.57. The number of ether oxygens (including phenoxy) is 2. The Kier molecular flexibility index (Phi) is 6.53. The SMILES string of the molecule is CCOC(=O)C(Sc1ncnc(Cl)c1N)C(=O)OCC. The van der Waals surface area contributed by atoms with Crippen molar-refractivity contribution in [3.8, 4) is 0 Å². The molecule has 0 unspecified atom stereocenters. The molecule has 0 aliphatic carbocycles. The molecule has 0 aliphatic heterocycles. The molecule has 110 valence electrons. The number of nitrogens with two attached hydrogens (primary N) is 1. The van der Waals surface area contributed by atoms with E-state index in [-0.39, 0.29) is 29.1 Å². The Labute approximate surface area is 125 Å². The number of carbonyl (C=O) groups excluding carboxylic acids is 2. The second kappa shape index (κ2) is 7.91. The van der Waals surface area contributed by atoms with Gasteiger partial charge in [0.25, 0.3) is 0 Å². The zero-order valence-corrected chi connectivity index (χ0v) is 12.5. The number of anilines is 1. The number of nitrogen functional groups attached to an aromatic ring is 1. The van der Waals surface area contributed by atoms with Gasteiger partial charge in [0.05, 0.1) is 13.2 Å². The van der Waals surface area contributed by atoms with Crippen molar-refractivity contribution < 1.29 is 19.1 Å². The lowest BCUT2D eigenvalue weighted by molar-refractivity contribution is -0.152. The fourth-order valence-electron chi connectivity index (χ4n) is 1.19. The Morgan fingerprint density at radius 1 is 1.30 bits per heavy atom. The normalized spacial score (nSPS) is 10.4. The van der Waals surface area contributed by atoms with E-state index in [0.29, 0.717) is 0 Å². The van der Waals surface area contributed by atoms with Gasteiger partial charge in [-0.05, 0) is 13.8 Å². The first-order chi connectivity index (χ1) is 9.51. The van der Waals surface area contributed by atoms with E-state index in [1.165, 1.54) is 6.33 Å². The maximum absolute atomic E-state index is 11.8. The maximum atomic E-state index is 11.8. The highest BCUT2D eigenvalue weighted by Crippen LogP contribution is 2.31. The van der Waals surface area contributed by atoms with Gasteiger partial charge in [-0.2, -0.15) is 0 Å². The van der Waals surface area contributed by atoms with Gasteiger partial charge in [-0.3, -0.25) is 9.59 Å². The minimum atomic E-state index is -1.21. The maximum Gasteiger partial charge on any atom is 0.331 e. The van der Waals surface area contributed by atoms with Crippen LogP contribution in [0.5, 0.6) is 0 Å². The molecular weight excluding hydrogens is 306 g/mol. The number of thioether (sulfide) groups is 1. The average molecular weight is 320 g/mol. The van der Waals surface area contributed by atoms with Crippen LogP contribution in [0, 0.1) is 0 Å². The molecule has 0 spiro atoms. The van der Waals surface area contributed by atoms with E-state index in [0.717, 1.165) is 11.8 Å². The van der Waals surface area contributed by atoms with Gasteiger partial charge < -0.3 is 15.2 Å². The van der Waals surface area contributed by atoms with Crippen molar-refractivity contribution in [2.45, 2.75) is 24.1 Å². The molecule has 0 atom stereocenters. The second-order valence-corrected chi connectivity index (χ2v) is 4.84. The third-order valence-electron chi connectivity index (χ3n) is 2.03. The predicted molar refractivity (Wildman–Crippen MR) is 74.4 cm³/mol. The van der Waals surface area contributed by atoms with Crippen LogP contribution >= 0.6 is 23.4 Å². The minimum Gasteiger partial charge on any atom is -0.465 e. The summed E-state index contributed by atoms with van der Waals surface area (Å²) in [7, 11) is 0. The van der Waals surface area contributed by atoms with Gasteiger partial charge in [0.15, 0.2) is 5.15 Å². The highest BCUT2D eigenvalue weighted by Gasteiger charge is 2.32. The zero-order valence-electron chi connectivity index (χ0n) is 11.0. The fourth-order valence-corrected chi connectivity index (χ4v) is 2.27. The fraction of sp³-hybridized carbons (Fsp3) is 0.455. The molecule has 2 N–H and O–H groups in total. The van der Waals surface area contributed by atoms with Crippen molar-refractivity contribution in [3.05, 3.63) is 11.5 Å². The number of hydrogen-bond donors (Lipinski definition) is 1. The Morgan fingerprint density at radius 2 is 1.85 bits per heavy atom. The van der Waals surface area contributed by atoms with Crippen LogP contribution in [0.2, 0.25) is 5.15 Å². The summed E-state index contributed by atoms with van der Waals surface area (Å²) in [6.07, 6.45) is 1.19. The number of hydrogen-bond acceptors (Lipinski definition) is 8. The lowest BCUT2D eigenvalue weighted by Gasteiger charge is -2.14. The van der Waals surface area contributed by atoms with Gasteiger partial charge >= 0.3 is 11.9 Å². The number of halogens is 1. The van der Waals surface area contributed by atoms with Crippen LogP contribution in [0.4, 0.5) is 5.69 Å². The monoisotopic (exact) mass is 319 g/mol. The third kappa shape index (κ3) is 4.24. The molecular formula is C11H14ClN3O4S. The summed E-state index contributed by atoms with van der Waals surface area (Å²) in [6, 6.07) is 0. The quantitative estimate of drug-likeness (QED) is 0.362. The van der Waals surface area contributed by atoms with E-state index in [9.17, 15) is 9.59 Å². The molecule has 0 radical (unpaired) electrons. The van der Waals surface area contributed by atoms with Gasteiger partial charge in [-0.15, -0.1) is 0 Å². The Morgan fingerprint density at radius 3 is 2.35 bits per heavy atom. The summed E-state index contributed by atoms with van der Waals surface area (Å²) in [5, 5.41) is -0.937. The van der Waals surface area contributed by atoms with Crippen molar-refractivity contribution in [2.75, 3.05) is 18.9 Å². The van der Waals surface area contributed by atoms with Crippen molar-refractivity contribution in [2.24, 2.45) is 0 Å². The Hall–Kier alpha value is -1.54. The van der Waals surface area contributed by atoms with Crippen molar-refractivity contribution in [3.63, 3.8) is 0 Å². The first-order valence-electron chi connectivity index (χ1n) is 5.77. The van der Waals surface area contributed by atoms with Crippen molar-refractivity contribution >= 4 is 41.0 Å². The smallest absolute Gasteiger partial charge is 0.331 e. The Balaban J connectivity index is 2.96. The molecule has 0 saturated carbocycles. The van der Waals surface area contributed by atoms with E-state index in [1.54, 1.807) is 13.8 Å². The predicted octanol–water partition coefficient (Wildman–Crippen LogP) is 1.30. The lowest BCUT2D eigenvalue weighted by Crippen LogP contribution is -2.31. The van der Waals surface area contributed by atoms with Crippen molar-refractivity contribution in [1.29, 1.82) is 0 Å². The molecule has 0 amide bonds. The summed E-state index contributed by atoms with van der Waals surface area (Å²) < 4.78 is 9.67. The molecule has 0 saturated heterocycles. The number of carbonyl (C=O) groups is 2. The Bertz CT molecular complexity index is 483. The van der Waals surface area contributed by atoms with E-state index in [4.69, 9.17) is 26.8 Å². The number of nitrogens with zero attached hydrogens (tertiary/aromatic N) is 2. The van der Waals surface area contributed by atoms with Crippen LogP contribution in [-0.4, -0.2) is 40.4 Å². The minimum absolute atomic E-state index is 0.0500. The summed E-state index contributed by atoms with van der Waals surface area (Å²) in [4.78, 5) is 31.2. The number of esters is 2. The first kappa shape index (κ1) is 16.5. The van der Waals surface area contributed by atoms with E-state index >= 15 is 0 Å². The van der Waals surface area contributed by atoms with Crippen LogP contribution in [0.3, 0.4) is 0 Å². The second-order valence-electron chi connectivity index (χ2n) is 3.39. The molecule has 1 heterocycles. The topological polar surface area (TPSA) is 104 Å². The molecule has 0 aliphatic rings. The average Bonchev–Trinajstić information content (AvgIpc) is 2.40. The van der Waals surface area contributed by atoms with E-state index < -0.39 is 17.2 Å². The highest BCUT2D eigenvalue weighted by molar-refractivity contribution is 8.01. The number of aromatic nitrogens is 2. The van der Waals surface area contributed by atoms with Crippen LogP contribution in [-0.2, 0) is 19.1 Å². The molecule has 0 aromatic carbocycles. The van der Waals surface area contributed by atoms with Gasteiger partial charge in [0.1, 0.15) is 17.0 Å².